The van der Waals surface area contributed by atoms with Gasteiger partial charge in [-0.05, 0) is 66.7 Å². The molecule has 2 fully saturated rings. The molecule has 2 aromatic rings. The molecule has 0 spiro atoms. The third-order valence-electron chi connectivity index (χ3n) is 6.44. The van der Waals surface area contributed by atoms with Crippen LogP contribution in [0.15, 0.2) is 41.5 Å². The number of likely N-dealkylation sites (tertiary alicyclic amines) is 2. The molecule has 10 heteroatoms. The molecule has 1 amide bonds. The van der Waals surface area contributed by atoms with E-state index < -0.39 is 17.6 Å². The lowest BCUT2D eigenvalue weighted by atomic mass is 10.0. The predicted molar refractivity (Wildman–Crippen MR) is 119 cm³/mol. The zero-order valence-electron chi connectivity index (χ0n) is 18.4. The van der Waals surface area contributed by atoms with E-state index in [0.717, 1.165) is 32.2 Å². The number of fused-ring (bicyclic) bond motifs is 1. The molecule has 0 bridgehead atoms. The topological polar surface area (TPSA) is 84.3 Å². The molecule has 174 valence electrons. The van der Waals surface area contributed by atoms with Crippen molar-refractivity contribution in [3.8, 4) is 0 Å². The van der Waals surface area contributed by atoms with Crippen LogP contribution >= 0.6 is 0 Å². The number of aryl methyl sites for hydroxylation is 1. The highest BCUT2D eigenvalue weighted by atomic mass is 19.4. The summed E-state index contributed by atoms with van der Waals surface area (Å²) in [6.45, 7) is 5.52. The number of nitrogens with zero attached hydrogens (tertiary/aromatic N) is 5. The second-order valence-corrected chi connectivity index (χ2v) is 8.95. The summed E-state index contributed by atoms with van der Waals surface area (Å²) in [6, 6.07) is 8.48. The van der Waals surface area contributed by atoms with E-state index in [0.29, 0.717) is 17.4 Å². The van der Waals surface area contributed by atoms with Crippen LogP contribution in [0.5, 0.6) is 0 Å². The molecule has 0 saturated carbocycles. The van der Waals surface area contributed by atoms with Gasteiger partial charge in [0.15, 0.2) is 0 Å². The van der Waals surface area contributed by atoms with Gasteiger partial charge in [0, 0.05) is 54.6 Å². The predicted octanol–water partition coefficient (Wildman–Crippen LogP) is 5.20. The second-order valence-electron chi connectivity index (χ2n) is 8.95. The number of carbonyl (C=O) groups is 1. The van der Waals surface area contributed by atoms with Crippen LogP contribution in [0.1, 0.15) is 27.0 Å². The summed E-state index contributed by atoms with van der Waals surface area (Å²) in [7, 11) is 2.07. The van der Waals surface area contributed by atoms with Gasteiger partial charge in [0.2, 0.25) is 0 Å². The van der Waals surface area contributed by atoms with Crippen molar-refractivity contribution in [1.29, 1.82) is 0 Å². The van der Waals surface area contributed by atoms with Crippen molar-refractivity contribution in [2.24, 2.45) is 17.0 Å². The zero-order valence-corrected chi connectivity index (χ0v) is 18.4. The monoisotopic (exact) mass is 458 g/mol. The fraction of sp³-hybridized carbons (Fsp3) is 0.435. The average Bonchev–Trinajstić information content (AvgIpc) is 3.26. The van der Waals surface area contributed by atoms with Crippen LogP contribution in [0.3, 0.4) is 0 Å². The highest BCUT2D eigenvalue weighted by molar-refractivity contribution is 6.04. The Morgan fingerprint density at radius 1 is 1.15 bits per heavy atom. The molecule has 2 saturated heterocycles. The summed E-state index contributed by atoms with van der Waals surface area (Å²) < 4.78 is 41.5. The summed E-state index contributed by atoms with van der Waals surface area (Å²) >= 11 is 0. The number of halogens is 3. The molecule has 1 N–H and O–H groups in total. The minimum atomic E-state index is -4.54. The maximum Gasteiger partial charge on any atom is 0.416 e. The lowest BCUT2D eigenvalue weighted by Crippen LogP contribution is -2.27. The van der Waals surface area contributed by atoms with Crippen LogP contribution < -0.4 is 5.32 Å². The third-order valence-corrected chi connectivity index (χ3v) is 6.44. The SMILES string of the molecule is Cc1ccc(C(=O)Nc2ccc(CN3C[C@H]4CN(C)C[C@H]4C3)c(C(F)(F)F)c2)cc1N=[N+]=[N-]. The summed E-state index contributed by atoms with van der Waals surface area (Å²) in [4.78, 5) is 19.7. The lowest BCUT2D eigenvalue weighted by molar-refractivity contribution is -0.138. The largest absolute Gasteiger partial charge is 0.416 e. The van der Waals surface area contributed by atoms with Gasteiger partial charge in [-0.2, -0.15) is 13.2 Å². The van der Waals surface area contributed by atoms with Crippen molar-refractivity contribution in [2.45, 2.75) is 19.6 Å². The van der Waals surface area contributed by atoms with E-state index in [9.17, 15) is 18.0 Å². The van der Waals surface area contributed by atoms with Crippen molar-refractivity contribution in [3.05, 3.63) is 69.1 Å². The Hall–Kier alpha value is -3.07. The van der Waals surface area contributed by atoms with E-state index in [1.807, 2.05) is 0 Å². The van der Waals surface area contributed by atoms with Crippen molar-refractivity contribution >= 4 is 17.3 Å². The summed E-state index contributed by atoms with van der Waals surface area (Å²) in [5.41, 5.74) is 9.33. The van der Waals surface area contributed by atoms with Gasteiger partial charge in [-0.25, -0.2) is 0 Å². The maximum atomic E-state index is 13.8. The molecule has 2 aliphatic rings. The normalized spacial score (nSPS) is 21.0. The van der Waals surface area contributed by atoms with E-state index in [-0.39, 0.29) is 29.0 Å². The van der Waals surface area contributed by atoms with Gasteiger partial charge in [-0.15, -0.1) is 0 Å². The highest BCUT2D eigenvalue weighted by Crippen LogP contribution is 2.37. The first-order valence-electron chi connectivity index (χ1n) is 10.7. The average molecular weight is 458 g/mol. The van der Waals surface area contributed by atoms with Crippen LogP contribution in [-0.2, 0) is 12.7 Å². The smallest absolute Gasteiger partial charge is 0.322 e. The molecule has 2 aromatic carbocycles. The fourth-order valence-corrected chi connectivity index (χ4v) is 4.86. The quantitative estimate of drug-likeness (QED) is 0.380. The molecule has 0 aliphatic carbocycles. The third kappa shape index (κ3) is 5.13. The first-order chi connectivity index (χ1) is 15.6. The molecule has 2 atom stereocenters. The number of amides is 1. The van der Waals surface area contributed by atoms with Crippen LogP contribution in [0.25, 0.3) is 10.4 Å². The number of anilines is 1. The van der Waals surface area contributed by atoms with Crippen LogP contribution in [0.2, 0.25) is 0 Å². The Bertz CT molecular complexity index is 1100. The number of rotatable bonds is 5. The molecule has 7 nitrogen and oxygen atoms in total. The summed E-state index contributed by atoms with van der Waals surface area (Å²) in [5.74, 6) is 0.432. The number of benzene rings is 2. The van der Waals surface area contributed by atoms with E-state index in [2.05, 4.69) is 32.2 Å². The maximum absolute atomic E-state index is 13.8. The van der Waals surface area contributed by atoms with Crippen LogP contribution in [-0.4, -0.2) is 48.9 Å². The molecule has 0 radical (unpaired) electrons. The van der Waals surface area contributed by atoms with E-state index in [1.54, 1.807) is 13.0 Å². The molecule has 2 aliphatic heterocycles. The van der Waals surface area contributed by atoms with Gasteiger partial charge in [0.25, 0.3) is 5.91 Å². The van der Waals surface area contributed by atoms with Crippen molar-refractivity contribution in [2.75, 3.05) is 38.5 Å². The molecule has 4 rings (SSSR count). The van der Waals surface area contributed by atoms with Gasteiger partial charge in [0.05, 0.1) is 5.56 Å². The van der Waals surface area contributed by atoms with Gasteiger partial charge in [-0.1, -0.05) is 17.2 Å². The van der Waals surface area contributed by atoms with Crippen molar-refractivity contribution < 1.29 is 18.0 Å². The fourth-order valence-electron chi connectivity index (χ4n) is 4.86. The standard InChI is InChI=1S/C23H25F3N6O/c1-14-3-4-15(7-21(14)29-30-27)22(33)28-19-6-5-16(20(8-19)23(24,25)26)11-32-12-17-9-31(2)10-18(17)13-32/h3-8,17-18H,9-13H2,1-2H3,(H,28,33)/t17-,18+. The molecule has 0 unspecified atom stereocenters. The number of hydrogen-bond acceptors (Lipinski definition) is 4. The van der Waals surface area contributed by atoms with Crippen LogP contribution in [0, 0.1) is 18.8 Å². The Morgan fingerprint density at radius 3 is 2.48 bits per heavy atom. The Labute approximate surface area is 189 Å². The van der Waals surface area contributed by atoms with Gasteiger partial charge >= 0.3 is 6.18 Å². The molecule has 2 heterocycles. The van der Waals surface area contributed by atoms with Crippen LogP contribution in [0.4, 0.5) is 24.5 Å². The number of nitrogens with one attached hydrogen (secondary N) is 1. The van der Waals surface area contributed by atoms with E-state index >= 15 is 0 Å². The van der Waals surface area contributed by atoms with E-state index in [1.165, 1.54) is 24.3 Å². The van der Waals surface area contributed by atoms with Crippen molar-refractivity contribution in [3.63, 3.8) is 0 Å². The summed E-state index contributed by atoms with van der Waals surface area (Å²) in [6.07, 6.45) is -4.54. The van der Waals surface area contributed by atoms with Gasteiger partial charge < -0.3 is 10.2 Å². The Morgan fingerprint density at radius 2 is 1.85 bits per heavy atom. The second kappa shape index (κ2) is 9.05. The summed E-state index contributed by atoms with van der Waals surface area (Å²) in [5, 5.41) is 6.06. The Balaban J connectivity index is 1.52. The molecular formula is C23H25F3N6O. The van der Waals surface area contributed by atoms with Gasteiger partial charge in [-0.3, -0.25) is 9.69 Å². The molecule has 0 aromatic heterocycles. The minimum Gasteiger partial charge on any atom is -0.322 e. The molecule has 33 heavy (non-hydrogen) atoms. The minimum absolute atomic E-state index is 0.0573. The first-order valence-corrected chi connectivity index (χ1v) is 10.7. The van der Waals surface area contributed by atoms with E-state index in [4.69, 9.17) is 5.53 Å². The Kier molecular flexibility index (Phi) is 6.34. The van der Waals surface area contributed by atoms with Crippen molar-refractivity contribution in [1.82, 2.24) is 9.80 Å². The lowest BCUT2D eigenvalue weighted by Gasteiger charge is -2.22. The molecular weight excluding hydrogens is 433 g/mol. The number of azide groups is 1. The zero-order chi connectivity index (χ0) is 23.8. The first kappa shape index (κ1) is 23.1. The number of alkyl halides is 3. The number of carbonyl (C=O) groups excluding carboxylic acids is 1. The highest BCUT2D eigenvalue weighted by Gasteiger charge is 2.40. The number of hydrogen-bond donors (Lipinski definition) is 1. The van der Waals surface area contributed by atoms with Gasteiger partial charge in [0.1, 0.15) is 0 Å².